The first kappa shape index (κ1) is 10.9. The van der Waals surface area contributed by atoms with E-state index in [0.29, 0.717) is 17.1 Å². The quantitative estimate of drug-likeness (QED) is 0.457. The molecule has 0 atom stereocenters. The van der Waals surface area contributed by atoms with Crippen molar-refractivity contribution in [2.45, 2.75) is 17.8 Å². The van der Waals surface area contributed by atoms with Crippen LogP contribution >= 0.6 is 25.3 Å². The van der Waals surface area contributed by atoms with Crippen LogP contribution in [0.2, 0.25) is 0 Å². The molecule has 0 aliphatic carbocycles. The normalized spacial score (nSPS) is 10.8. The highest BCUT2D eigenvalue weighted by atomic mass is 32.1. The average molecular weight is 216 g/mol. The maximum absolute atomic E-state index is 9.05. The second kappa shape index (κ2) is 4.91. The third kappa shape index (κ3) is 2.40. The van der Waals surface area contributed by atoms with Gasteiger partial charge in [0.05, 0.1) is 0 Å². The van der Waals surface area contributed by atoms with E-state index in [-0.39, 0.29) is 0 Å². The zero-order chi connectivity index (χ0) is 9.84. The fourth-order valence-electron chi connectivity index (χ4n) is 1.24. The van der Waals surface area contributed by atoms with E-state index in [9.17, 15) is 0 Å². The molecule has 0 radical (unpaired) electrons. The fourth-order valence-corrected chi connectivity index (χ4v) is 1.92. The van der Waals surface area contributed by atoms with Crippen molar-refractivity contribution in [3.63, 3.8) is 0 Å². The van der Waals surface area contributed by atoms with Crippen molar-refractivity contribution in [3.05, 3.63) is 34.9 Å². The first-order chi connectivity index (χ1) is 6.20. The van der Waals surface area contributed by atoms with Crippen molar-refractivity contribution < 1.29 is 10.2 Å². The average Bonchev–Trinajstić information content (AvgIpc) is 2.16. The van der Waals surface area contributed by atoms with Crippen LogP contribution in [0.5, 0.6) is 0 Å². The summed E-state index contributed by atoms with van der Waals surface area (Å²) in [5, 5.41) is 18.1. The van der Waals surface area contributed by atoms with Crippen LogP contribution in [0.1, 0.15) is 23.0 Å². The Labute approximate surface area is 88.4 Å². The smallest absolute Gasteiger partial charge is 0.178 e. The monoisotopic (exact) mass is 216 g/mol. The van der Waals surface area contributed by atoms with Gasteiger partial charge in [0.15, 0.2) is 6.29 Å². The molecule has 13 heavy (non-hydrogen) atoms. The lowest BCUT2D eigenvalue weighted by Gasteiger charge is -2.12. The van der Waals surface area contributed by atoms with Crippen molar-refractivity contribution in [3.8, 4) is 0 Å². The number of hydrogen-bond donors (Lipinski definition) is 4. The van der Waals surface area contributed by atoms with Crippen LogP contribution in [-0.2, 0) is 11.5 Å². The summed E-state index contributed by atoms with van der Waals surface area (Å²) in [5.74, 6) is 1.07. The van der Waals surface area contributed by atoms with E-state index in [1.807, 2.05) is 6.07 Å². The van der Waals surface area contributed by atoms with E-state index in [1.54, 1.807) is 12.1 Å². The van der Waals surface area contributed by atoms with Gasteiger partial charge in [-0.3, -0.25) is 0 Å². The molecule has 0 fully saturated rings. The zero-order valence-corrected chi connectivity index (χ0v) is 8.80. The molecular weight excluding hydrogens is 204 g/mol. The van der Waals surface area contributed by atoms with Crippen molar-refractivity contribution in [1.82, 2.24) is 0 Å². The molecule has 0 aliphatic heterocycles. The van der Waals surface area contributed by atoms with Gasteiger partial charge in [0.2, 0.25) is 0 Å². The minimum absolute atomic E-state index is 0.490. The number of aliphatic hydroxyl groups is 2. The van der Waals surface area contributed by atoms with Crippen LogP contribution in [0.3, 0.4) is 0 Å². The third-order valence-electron chi connectivity index (χ3n) is 1.92. The van der Waals surface area contributed by atoms with Gasteiger partial charge >= 0.3 is 0 Å². The van der Waals surface area contributed by atoms with Crippen LogP contribution in [0.25, 0.3) is 0 Å². The third-order valence-corrected chi connectivity index (χ3v) is 2.57. The molecule has 1 aromatic rings. The predicted molar refractivity (Wildman–Crippen MR) is 59.0 cm³/mol. The van der Waals surface area contributed by atoms with Crippen LogP contribution in [0.4, 0.5) is 0 Å². The first-order valence-corrected chi connectivity index (χ1v) is 5.15. The highest BCUT2D eigenvalue weighted by molar-refractivity contribution is 7.79. The first-order valence-electron chi connectivity index (χ1n) is 3.89. The van der Waals surface area contributed by atoms with Gasteiger partial charge in [-0.1, -0.05) is 18.2 Å². The summed E-state index contributed by atoms with van der Waals surface area (Å²) in [6.07, 6.45) is -1.43. The highest BCUT2D eigenvalue weighted by Gasteiger charge is 2.10. The molecule has 72 valence electrons. The Kier molecular flexibility index (Phi) is 4.12. The van der Waals surface area contributed by atoms with Crippen LogP contribution in [0.15, 0.2) is 18.2 Å². The number of hydrogen-bond acceptors (Lipinski definition) is 4. The molecule has 1 aromatic carbocycles. The van der Waals surface area contributed by atoms with Crippen molar-refractivity contribution in [2.24, 2.45) is 0 Å². The van der Waals surface area contributed by atoms with Gasteiger partial charge in [-0.15, -0.1) is 0 Å². The van der Waals surface area contributed by atoms with Gasteiger partial charge in [-0.05, 0) is 11.1 Å². The molecule has 4 heteroatoms. The second-order valence-electron chi connectivity index (χ2n) is 2.67. The van der Waals surface area contributed by atoms with Crippen LogP contribution in [-0.4, -0.2) is 10.2 Å². The van der Waals surface area contributed by atoms with Gasteiger partial charge in [-0.2, -0.15) is 25.3 Å². The van der Waals surface area contributed by atoms with E-state index in [1.165, 1.54) is 0 Å². The minimum Gasteiger partial charge on any atom is -0.364 e. The summed E-state index contributed by atoms with van der Waals surface area (Å²) in [7, 11) is 0. The number of benzene rings is 1. The summed E-state index contributed by atoms with van der Waals surface area (Å²) in [5.41, 5.74) is 2.36. The van der Waals surface area contributed by atoms with Gasteiger partial charge in [0.25, 0.3) is 0 Å². The Morgan fingerprint density at radius 2 is 1.85 bits per heavy atom. The maximum Gasteiger partial charge on any atom is 0.178 e. The predicted octanol–water partition coefficient (Wildman–Crippen LogP) is 1.53. The van der Waals surface area contributed by atoms with Crippen molar-refractivity contribution >= 4 is 25.3 Å². The van der Waals surface area contributed by atoms with E-state index >= 15 is 0 Å². The summed E-state index contributed by atoms with van der Waals surface area (Å²) in [4.78, 5) is 0. The lowest BCUT2D eigenvalue weighted by Crippen LogP contribution is -2.02. The summed E-state index contributed by atoms with van der Waals surface area (Å²) >= 11 is 8.29. The number of rotatable bonds is 3. The lowest BCUT2D eigenvalue weighted by atomic mass is 10.0. The summed E-state index contributed by atoms with van der Waals surface area (Å²) < 4.78 is 0. The molecule has 0 heterocycles. The van der Waals surface area contributed by atoms with Crippen molar-refractivity contribution in [1.29, 1.82) is 0 Å². The summed E-state index contributed by atoms with van der Waals surface area (Å²) in [6.45, 7) is 0. The highest BCUT2D eigenvalue weighted by Crippen LogP contribution is 2.22. The standard InChI is InChI=1S/C9H12O2S2/c10-9(11)7-3-1-2-6(4-12)8(7)5-13/h1-3,9-13H,4-5H2. The Bertz CT molecular complexity index is 287. The molecule has 0 saturated carbocycles. The molecule has 2 N–H and O–H groups in total. The Morgan fingerprint density at radius 1 is 1.15 bits per heavy atom. The van der Waals surface area contributed by atoms with Crippen LogP contribution < -0.4 is 0 Å². The molecule has 0 aliphatic rings. The molecule has 0 unspecified atom stereocenters. The number of aliphatic hydroxyl groups excluding tert-OH is 1. The molecule has 0 bridgehead atoms. The van der Waals surface area contributed by atoms with E-state index < -0.39 is 6.29 Å². The van der Waals surface area contributed by atoms with Gasteiger partial charge in [0, 0.05) is 17.1 Å². The second-order valence-corrected chi connectivity index (χ2v) is 3.31. The molecule has 0 aromatic heterocycles. The largest absolute Gasteiger partial charge is 0.364 e. The fraction of sp³-hybridized carbons (Fsp3) is 0.333. The molecule has 0 saturated heterocycles. The SMILES string of the molecule is OC(O)c1cccc(CS)c1CS. The molecule has 1 rings (SSSR count). The van der Waals surface area contributed by atoms with Gasteiger partial charge in [0.1, 0.15) is 0 Å². The molecule has 0 spiro atoms. The van der Waals surface area contributed by atoms with Gasteiger partial charge in [-0.25, -0.2) is 0 Å². The maximum atomic E-state index is 9.05. The number of thiol groups is 2. The lowest BCUT2D eigenvalue weighted by molar-refractivity contribution is -0.0430. The molecule has 0 amide bonds. The zero-order valence-electron chi connectivity index (χ0n) is 7.01. The van der Waals surface area contributed by atoms with E-state index in [0.717, 1.165) is 11.1 Å². The molecular formula is C9H12O2S2. The van der Waals surface area contributed by atoms with Crippen LogP contribution in [0, 0.1) is 0 Å². The van der Waals surface area contributed by atoms with E-state index in [2.05, 4.69) is 25.3 Å². The Morgan fingerprint density at radius 3 is 2.31 bits per heavy atom. The molecule has 2 nitrogen and oxygen atoms in total. The van der Waals surface area contributed by atoms with E-state index in [4.69, 9.17) is 10.2 Å². The summed E-state index contributed by atoms with van der Waals surface area (Å²) in [6, 6.07) is 5.38. The van der Waals surface area contributed by atoms with Gasteiger partial charge < -0.3 is 10.2 Å². The Balaban J connectivity index is 3.19. The topological polar surface area (TPSA) is 40.5 Å². The Hall–Kier alpha value is -0.160. The van der Waals surface area contributed by atoms with Crippen molar-refractivity contribution in [2.75, 3.05) is 0 Å². The minimum atomic E-state index is -1.43.